The number of rotatable bonds is 15. The molecule has 40 heavy (non-hydrogen) atoms. The number of Topliss-reactive ketones (excluding diaryl/α,β-unsaturated/α-hetero) is 1. The van der Waals surface area contributed by atoms with Gasteiger partial charge in [-0.15, -0.1) is 0 Å². The number of urea groups is 1. The van der Waals surface area contributed by atoms with E-state index in [0.29, 0.717) is 25.0 Å². The molecule has 1 fully saturated rings. The molecule has 0 radical (unpaired) electrons. The van der Waals surface area contributed by atoms with Gasteiger partial charge in [0, 0.05) is 12.1 Å². The topological polar surface area (TPSA) is 103 Å². The lowest BCUT2D eigenvalue weighted by molar-refractivity contribution is -0.146. The number of esters is 1. The first-order valence-corrected chi connectivity index (χ1v) is 14.1. The minimum atomic E-state index is -1.12. The number of carbonyl (C=O) groups is 3. The second-order valence-corrected chi connectivity index (χ2v) is 10.00. The maximum Gasteiger partial charge on any atom is 0.331 e. The second-order valence-electron chi connectivity index (χ2n) is 9.20. The average molecular weight is 596 g/mol. The molecule has 0 spiro atoms. The molecule has 0 saturated heterocycles. The fourth-order valence-electron chi connectivity index (χ4n) is 4.15. The zero-order valence-electron chi connectivity index (χ0n) is 23.3. The lowest BCUT2D eigenvalue weighted by atomic mass is 10.0. The summed E-state index contributed by atoms with van der Waals surface area (Å²) in [6.07, 6.45) is 0.916. The van der Waals surface area contributed by atoms with Crippen molar-refractivity contribution < 1.29 is 33.3 Å². The summed E-state index contributed by atoms with van der Waals surface area (Å²) in [7, 11) is 0. The first-order valence-electron chi connectivity index (χ1n) is 13.3. The van der Waals surface area contributed by atoms with Gasteiger partial charge in [0.25, 0.3) is 0 Å². The van der Waals surface area contributed by atoms with Crippen LogP contribution in [0.5, 0.6) is 11.5 Å². The Labute approximate surface area is 245 Å². The molecule has 9 nitrogen and oxygen atoms in total. The summed E-state index contributed by atoms with van der Waals surface area (Å²) >= 11 is 13.7. The number of hydrogen-bond donors (Lipinski definition) is 1. The van der Waals surface area contributed by atoms with Gasteiger partial charge in [-0.25, -0.2) is 9.59 Å². The molecular weight excluding hydrogens is 559 g/mol. The van der Waals surface area contributed by atoms with Crippen LogP contribution in [0, 0.1) is 0 Å². The number of halogens is 2. The van der Waals surface area contributed by atoms with Crippen LogP contribution < -0.4 is 14.8 Å². The van der Waals surface area contributed by atoms with E-state index in [1.165, 1.54) is 11.8 Å². The van der Waals surface area contributed by atoms with Crippen LogP contribution in [-0.2, 0) is 20.9 Å². The molecular formula is C29H36Cl2N2O7. The van der Waals surface area contributed by atoms with Gasteiger partial charge >= 0.3 is 12.0 Å². The largest absolute Gasteiger partial charge is 0.493 e. The van der Waals surface area contributed by atoms with Crippen molar-refractivity contribution in [3.05, 3.63) is 58.1 Å². The second kappa shape index (κ2) is 14.6. The third kappa shape index (κ3) is 7.59. The Morgan fingerprint density at radius 1 is 1.05 bits per heavy atom. The summed E-state index contributed by atoms with van der Waals surface area (Å²) in [5, 5.41) is 2.89. The molecule has 0 heterocycles. The molecule has 2 aromatic carbocycles. The van der Waals surface area contributed by atoms with E-state index in [-0.39, 0.29) is 60.8 Å². The van der Waals surface area contributed by atoms with E-state index in [0.717, 1.165) is 5.56 Å². The molecule has 1 unspecified atom stereocenters. The predicted molar refractivity (Wildman–Crippen MR) is 152 cm³/mol. The SMILES string of the molecule is CCOC(=O)C1(NC(=O)N(CCOCc2ccccc2)C(Cl)c2cc(OCC)c(C(C)=O)c(OCC)c2Cl)CC1. The summed E-state index contributed by atoms with van der Waals surface area (Å²) in [5.41, 5.74) is -0.736. The van der Waals surface area contributed by atoms with Gasteiger partial charge in [-0.05, 0) is 52.2 Å². The Morgan fingerprint density at radius 3 is 2.30 bits per heavy atom. The Morgan fingerprint density at radius 2 is 1.73 bits per heavy atom. The fourth-order valence-corrected chi connectivity index (χ4v) is 4.87. The smallest absolute Gasteiger partial charge is 0.331 e. The Bertz CT molecular complexity index is 1190. The number of benzene rings is 2. The first kappa shape index (κ1) is 31.5. The van der Waals surface area contributed by atoms with Crippen LogP contribution in [0.15, 0.2) is 36.4 Å². The van der Waals surface area contributed by atoms with Gasteiger partial charge in [0.2, 0.25) is 0 Å². The summed E-state index contributed by atoms with van der Waals surface area (Å²) in [5.74, 6) is -0.403. The zero-order chi connectivity index (χ0) is 29.3. The molecule has 3 rings (SSSR count). The standard InChI is InChI=1S/C29H36Cl2N2O7/c1-5-38-22-17-21(24(30)25(39-6-2)23(22)19(4)34)26(31)33(15-16-37-18-20-11-9-8-10-12-20)28(36)32-29(13-14-29)27(35)40-7-3/h8-12,17,26H,5-7,13-16,18H2,1-4H3,(H,32,36). The van der Waals surface area contributed by atoms with Crippen LogP contribution in [0.1, 0.15) is 67.5 Å². The van der Waals surface area contributed by atoms with Gasteiger partial charge in [-0.1, -0.05) is 53.5 Å². The van der Waals surface area contributed by atoms with E-state index in [9.17, 15) is 14.4 Å². The third-order valence-corrected chi connectivity index (χ3v) is 7.16. The van der Waals surface area contributed by atoms with Gasteiger partial charge in [-0.3, -0.25) is 4.79 Å². The summed E-state index contributed by atoms with van der Waals surface area (Å²) in [6, 6.07) is 10.6. The number of amides is 2. The summed E-state index contributed by atoms with van der Waals surface area (Å²) in [4.78, 5) is 40.0. The van der Waals surface area contributed by atoms with Crippen molar-refractivity contribution in [2.45, 2.75) is 58.2 Å². The van der Waals surface area contributed by atoms with Crippen LogP contribution in [-0.4, -0.2) is 61.2 Å². The van der Waals surface area contributed by atoms with Crippen molar-refractivity contribution in [3.8, 4) is 11.5 Å². The highest BCUT2D eigenvalue weighted by molar-refractivity contribution is 6.35. The lowest BCUT2D eigenvalue weighted by Crippen LogP contribution is -2.51. The maximum absolute atomic E-state index is 13.6. The van der Waals surface area contributed by atoms with Crippen molar-refractivity contribution in [1.82, 2.24) is 10.2 Å². The van der Waals surface area contributed by atoms with Crippen molar-refractivity contribution in [1.29, 1.82) is 0 Å². The highest BCUT2D eigenvalue weighted by atomic mass is 35.5. The van der Waals surface area contributed by atoms with Gasteiger partial charge in [0.1, 0.15) is 22.4 Å². The van der Waals surface area contributed by atoms with Crippen molar-refractivity contribution in [2.75, 3.05) is 33.0 Å². The number of nitrogens with one attached hydrogen (secondary N) is 1. The Kier molecular flexibility index (Phi) is 11.5. The molecule has 1 N–H and O–H groups in total. The van der Waals surface area contributed by atoms with Crippen molar-refractivity contribution in [2.24, 2.45) is 0 Å². The van der Waals surface area contributed by atoms with Crippen molar-refractivity contribution >= 4 is 41.0 Å². The molecule has 1 aliphatic carbocycles. The van der Waals surface area contributed by atoms with Gasteiger partial charge in [0.15, 0.2) is 11.5 Å². The lowest BCUT2D eigenvalue weighted by Gasteiger charge is -2.31. The van der Waals surface area contributed by atoms with E-state index in [1.54, 1.807) is 26.8 Å². The zero-order valence-corrected chi connectivity index (χ0v) is 24.8. The van der Waals surface area contributed by atoms with Gasteiger partial charge in [0.05, 0.1) is 38.1 Å². The average Bonchev–Trinajstić information content (AvgIpc) is 3.71. The molecule has 0 aromatic heterocycles. The minimum absolute atomic E-state index is 0.0739. The van der Waals surface area contributed by atoms with Crippen molar-refractivity contribution in [3.63, 3.8) is 0 Å². The highest BCUT2D eigenvalue weighted by Crippen LogP contribution is 2.44. The van der Waals surface area contributed by atoms with E-state index < -0.39 is 23.0 Å². The predicted octanol–water partition coefficient (Wildman–Crippen LogP) is 5.90. The van der Waals surface area contributed by atoms with Crippen LogP contribution >= 0.6 is 23.2 Å². The van der Waals surface area contributed by atoms with Crippen LogP contribution in [0.25, 0.3) is 0 Å². The molecule has 1 aliphatic rings. The number of alkyl halides is 1. The third-order valence-electron chi connectivity index (χ3n) is 6.30. The number of hydrogen-bond acceptors (Lipinski definition) is 7. The van der Waals surface area contributed by atoms with Crippen LogP contribution in [0.2, 0.25) is 5.02 Å². The fraction of sp³-hybridized carbons (Fsp3) is 0.483. The summed E-state index contributed by atoms with van der Waals surface area (Å²) in [6.45, 7) is 7.92. The molecule has 218 valence electrons. The van der Waals surface area contributed by atoms with E-state index in [1.807, 2.05) is 30.3 Å². The first-order chi connectivity index (χ1) is 19.2. The molecule has 1 saturated carbocycles. The monoisotopic (exact) mass is 594 g/mol. The number of nitrogens with zero attached hydrogens (tertiary/aromatic N) is 1. The van der Waals surface area contributed by atoms with Crippen LogP contribution in [0.3, 0.4) is 0 Å². The van der Waals surface area contributed by atoms with Crippen LogP contribution in [0.4, 0.5) is 4.79 Å². The minimum Gasteiger partial charge on any atom is -0.493 e. The summed E-state index contributed by atoms with van der Waals surface area (Å²) < 4.78 is 22.5. The molecule has 1 atom stereocenters. The van der Waals surface area contributed by atoms with Gasteiger partial charge in [-0.2, -0.15) is 0 Å². The number of ether oxygens (including phenoxy) is 4. The quantitative estimate of drug-likeness (QED) is 0.0899. The number of ketones is 1. The van der Waals surface area contributed by atoms with E-state index >= 15 is 0 Å². The van der Waals surface area contributed by atoms with Gasteiger partial charge < -0.3 is 29.2 Å². The Hall–Kier alpha value is -3.01. The number of carbonyl (C=O) groups excluding carboxylic acids is 3. The molecule has 2 amide bonds. The Balaban J connectivity index is 1.93. The highest BCUT2D eigenvalue weighted by Gasteiger charge is 2.53. The van der Waals surface area contributed by atoms with E-state index in [4.69, 9.17) is 42.1 Å². The molecule has 0 bridgehead atoms. The maximum atomic E-state index is 13.6. The van der Waals surface area contributed by atoms with E-state index in [2.05, 4.69) is 5.32 Å². The normalized spacial score (nSPS) is 14.2. The molecule has 2 aromatic rings. The molecule has 11 heteroatoms. The molecule has 0 aliphatic heterocycles.